The molecule has 1 aromatic carbocycles. The first-order chi connectivity index (χ1) is 9.22. The van der Waals surface area contributed by atoms with Crippen molar-refractivity contribution < 1.29 is 14.3 Å². The first kappa shape index (κ1) is 13.7. The maximum absolute atomic E-state index is 11.9. The van der Waals surface area contributed by atoms with Crippen molar-refractivity contribution in [2.45, 2.75) is 45.1 Å². The number of nitrogens with two attached hydrogens (primary N) is 1. The van der Waals surface area contributed by atoms with Crippen LogP contribution in [-0.2, 0) is 4.74 Å². The van der Waals surface area contributed by atoms with Gasteiger partial charge in [0.2, 0.25) is 0 Å². The number of hydrogen-bond acceptors (Lipinski definition) is 4. The van der Waals surface area contributed by atoms with E-state index in [0.29, 0.717) is 23.6 Å². The zero-order valence-electron chi connectivity index (χ0n) is 11.4. The molecule has 0 aromatic heterocycles. The lowest BCUT2D eigenvalue weighted by Gasteiger charge is -2.24. The zero-order valence-corrected chi connectivity index (χ0v) is 11.4. The van der Waals surface area contributed by atoms with Gasteiger partial charge in [-0.15, -0.1) is 0 Å². The molecule has 0 amide bonds. The predicted molar refractivity (Wildman–Crippen MR) is 74.3 cm³/mol. The number of ether oxygens (including phenoxy) is 2. The Morgan fingerprint density at radius 2 is 2.05 bits per heavy atom. The minimum atomic E-state index is -0.374. The summed E-state index contributed by atoms with van der Waals surface area (Å²) >= 11 is 0. The third kappa shape index (κ3) is 3.40. The normalized spacial score (nSPS) is 16.1. The van der Waals surface area contributed by atoms with Crippen LogP contribution in [-0.4, -0.2) is 18.7 Å². The van der Waals surface area contributed by atoms with Gasteiger partial charge in [-0.25, -0.2) is 4.79 Å². The van der Waals surface area contributed by atoms with Crippen LogP contribution in [0.25, 0.3) is 0 Å². The van der Waals surface area contributed by atoms with Crippen LogP contribution < -0.4 is 10.5 Å². The van der Waals surface area contributed by atoms with Crippen molar-refractivity contribution >= 4 is 11.7 Å². The predicted octanol–water partition coefficient (Wildman–Crippen LogP) is 3.16. The SMILES string of the molecule is CCOC(=O)c1cccc(N)c1OC1CCCCC1. The average Bonchev–Trinajstić information content (AvgIpc) is 2.42. The highest BCUT2D eigenvalue weighted by Crippen LogP contribution is 2.31. The van der Waals surface area contributed by atoms with E-state index in [1.165, 1.54) is 19.3 Å². The average molecular weight is 263 g/mol. The van der Waals surface area contributed by atoms with Crippen molar-refractivity contribution in [3.63, 3.8) is 0 Å². The number of para-hydroxylation sites is 1. The topological polar surface area (TPSA) is 61.5 Å². The Kier molecular flexibility index (Phi) is 4.66. The van der Waals surface area contributed by atoms with E-state index in [4.69, 9.17) is 15.2 Å². The third-order valence-corrected chi connectivity index (χ3v) is 3.38. The molecule has 4 heteroatoms. The molecular weight excluding hydrogens is 242 g/mol. The Labute approximate surface area is 113 Å². The van der Waals surface area contributed by atoms with Crippen LogP contribution >= 0.6 is 0 Å². The number of anilines is 1. The molecule has 1 aliphatic rings. The van der Waals surface area contributed by atoms with Gasteiger partial charge in [-0.05, 0) is 44.7 Å². The molecule has 1 aliphatic carbocycles. The monoisotopic (exact) mass is 263 g/mol. The summed E-state index contributed by atoms with van der Waals surface area (Å²) in [7, 11) is 0. The Bertz CT molecular complexity index is 439. The fourth-order valence-electron chi connectivity index (χ4n) is 2.41. The van der Waals surface area contributed by atoms with Crippen molar-refractivity contribution in [3.8, 4) is 5.75 Å². The molecule has 0 unspecified atom stereocenters. The molecule has 104 valence electrons. The molecule has 19 heavy (non-hydrogen) atoms. The maximum atomic E-state index is 11.9. The Morgan fingerprint density at radius 1 is 1.32 bits per heavy atom. The largest absolute Gasteiger partial charge is 0.487 e. The lowest BCUT2D eigenvalue weighted by atomic mass is 9.97. The van der Waals surface area contributed by atoms with E-state index < -0.39 is 0 Å². The van der Waals surface area contributed by atoms with Crippen molar-refractivity contribution in [2.75, 3.05) is 12.3 Å². The maximum Gasteiger partial charge on any atom is 0.341 e. The van der Waals surface area contributed by atoms with Gasteiger partial charge in [0.05, 0.1) is 18.4 Å². The summed E-state index contributed by atoms with van der Waals surface area (Å²) in [5.41, 5.74) is 6.86. The molecule has 2 rings (SSSR count). The van der Waals surface area contributed by atoms with Gasteiger partial charge in [-0.2, -0.15) is 0 Å². The van der Waals surface area contributed by atoms with Gasteiger partial charge >= 0.3 is 5.97 Å². The molecule has 0 saturated heterocycles. The minimum Gasteiger partial charge on any atom is -0.487 e. The molecule has 0 heterocycles. The molecule has 0 radical (unpaired) electrons. The van der Waals surface area contributed by atoms with Crippen LogP contribution in [0.15, 0.2) is 18.2 Å². The molecule has 1 aromatic rings. The van der Waals surface area contributed by atoms with Crippen molar-refractivity contribution in [3.05, 3.63) is 23.8 Å². The van der Waals surface area contributed by atoms with E-state index in [2.05, 4.69) is 0 Å². The van der Waals surface area contributed by atoms with Crippen LogP contribution in [0, 0.1) is 0 Å². The van der Waals surface area contributed by atoms with Gasteiger partial charge in [0.25, 0.3) is 0 Å². The van der Waals surface area contributed by atoms with E-state index in [0.717, 1.165) is 12.8 Å². The summed E-state index contributed by atoms with van der Waals surface area (Å²) < 4.78 is 11.0. The van der Waals surface area contributed by atoms with E-state index >= 15 is 0 Å². The van der Waals surface area contributed by atoms with Gasteiger partial charge in [-0.1, -0.05) is 12.5 Å². The molecule has 4 nitrogen and oxygen atoms in total. The number of esters is 1. The zero-order chi connectivity index (χ0) is 13.7. The molecule has 0 atom stereocenters. The number of benzene rings is 1. The quantitative estimate of drug-likeness (QED) is 0.669. The van der Waals surface area contributed by atoms with Crippen LogP contribution in [0.2, 0.25) is 0 Å². The first-order valence-corrected chi connectivity index (χ1v) is 6.94. The van der Waals surface area contributed by atoms with E-state index in [1.54, 1.807) is 25.1 Å². The van der Waals surface area contributed by atoms with Crippen LogP contribution in [0.5, 0.6) is 5.75 Å². The van der Waals surface area contributed by atoms with Crippen molar-refractivity contribution in [1.29, 1.82) is 0 Å². The molecule has 0 bridgehead atoms. The lowest BCUT2D eigenvalue weighted by molar-refractivity contribution is 0.0517. The van der Waals surface area contributed by atoms with Crippen molar-refractivity contribution in [1.82, 2.24) is 0 Å². The Morgan fingerprint density at radius 3 is 2.74 bits per heavy atom. The number of carbonyl (C=O) groups excluding carboxylic acids is 1. The molecule has 0 spiro atoms. The summed E-state index contributed by atoms with van der Waals surface area (Å²) in [6, 6.07) is 5.20. The second kappa shape index (κ2) is 6.45. The Hall–Kier alpha value is -1.71. The molecule has 0 aliphatic heterocycles. The minimum absolute atomic E-state index is 0.159. The highest BCUT2D eigenvalue weighted by atomic mass is 16.5. The van der Waals surface area contributed by atoms with Crippen LogP contribution in [0.4, 0.5) is 5.69 Å². The van der Waals surface area contributed by atoms with E-state index in [-0.39, 0.29) is 12.1 Å². The van der Waals surface area contributed by atoms with E-state index in [9.17, 15) is 4.79 Å². The number of nitrogen functional groups attached to an aromatic ring is 1. The van der Waals surface area contributed by atoms with Gasteiger partial charge in [0, 0.05) is 0 Å². The highest BCUT2D eigenvalue weighted by molar-refractivity contribution is 5.94. The molecule has 2 N–H and O–H groups in total. The third-order valence-electron chi connectivity index (χ3n) is 3.38. The summed E-state index contributed by atoms with van der Waals surface area (Å²) in [5.74, 6) is 0.105. The van der Waals surface area contributed by atoms with E-state index in [1.807, 2.05) is 0 Å². The van der Waals surface area contributed by atoms with Crippen molar-refractivity contribution in [2.24, 2.45) is 0 Å². The molecule has 1 saturated carbocycles. The molecular formula is C15H21NO3. The van der Waals surface area contributed by atoms with Gasteiger partial charge in [0.15, 0.2) is 5.75 Å². The van der Waals surface area contributed by atoms with Gasteiger partial charge in [-0.3, -0.25) is 0 Å². The fraction of sp³-hybridized carbons (Fsp3) is 0.533. The molecule has 1 fully saturated rings. The highest BCUT2D eigenvalue weighted by Gasteiger charge is 2.21. The smallest absolute Gasteiger partial charge is 0.341 e. The second-order valence-electron chi connectivity index (χ2n) is 4.82. The van der Waals surface area contributed by atoms with Gasteiger partial charge in [0.1, 0.15) is 5.56 Å². The number of rotatable bonds is 4. The second-order valence-corrected chi connectivity index (χ2v) is 4.82. The van der Waals surface area contributed by atoms with Crippen LogP contribution in [0.3, 0.4) is 0 Å². The lowest BCUT2D eigenvalue weighted by Crippen LogP contribution is -2.22. The van der Waals surface area contributed by atoms with Crippen LogP contribution in [0.1, 0.15) is 49.4 Å². The number of hydrogen-bond donors (Lipinski definition) is 1. The summed E-state index contributed by atoms with van der Waals surface area (Å²) in [4.78, 5) is 11.9. The summed E-state index contributed by atoms with van der Waals surface area (Å²) in [6.07, 6.45) is 5.81. The fourth-order valence-corrected chi connectivity index (χ4v) is 2.41. The summed E-state index contributed by atoms with van der Waals surface area (Å²) in [6.45, 7) is 2.13. The Balaban J connectivity index is 2.19. The summed E-state index contributed by atoms with van der Waals surface area (Å²) in [5, 5.41) is 0. The van der Waals surface area contributed by atoms with Gasteiger partial charge < -0.3 is 15.2 Å². The first-order valence-electron chi connectivity index (χ1n) is 6.94. The number of carbonyl (C=O) groups is 1. The standard InChI is InChI=1S/C15H21NO3/c1-2-18-15(17)12-9-6-10-13(16)14(12)19-11-7-4-3-5-8-11/h6,9-11H,2-5,7-8,16H2,1H3.